The molecule has 3 nitrogen and oxygen atoms in total. The zero-order chi connectivity index (χ0) is 14.2. The summed E-state index contributed by atoms with van der Waals surface area (Å²) in [5.74, 6) is 1.93. The molecule has 0 radical (unpaired) electrons. The monoisotopic (exact) mass is 276 g/mol. The molecular formula is C17H28N2O. The number of hydrogen-bond acceptors (Lipinski definition) is 3. The third-order valence-corrected chi connectivity index (χ3v) is 4.01. The number of methoxy groups -OCH3 is 1. The van der Waals surface area contributed by atoms with E-state index < -0.39 is 0 Å². The Balaban J connectivity index is 1.55. The van der Waals surface area contributed by atoms with Gasteiger partial charge in [-0.15, -0.1) is 0 Å². The maximum atomic E-state index is 5.17. The Morgan fingerprint density at radius 2 is 1.95 bits per heavy atom. The third kappa shape index (κ3) is 5.51. The van der Waals surface area contributed by atoms with Crippen molar-refractivity contribution in [2.75, 3.05) is 39.8 Å². The summed E-state index contributed by atoms with van der Waals surface area (Å²) in [6.45, 7) is 8.06. The topological polar surface area (TPSA) is 24.5 Å². The van der Waals surface area contributed by atoms with E-state index in [9.17, 15) is 0 Å². The molecule has 1 aliphatic rings. The molecule has 1 fully saturated rings. The van der Waals surface area contributed by atoms with Crippen LogP contribution < -0.4 is 10.1 Å². The zero-order valence-electron chi connectivity index (χ0n) is 12.9. The molecular weight excluding hydrogens is 248 g/mol. The number of benzene rings is 1. The van der Waals surface area contributed by atoms with Crippen molar-refractivity contribution in [1.82, 2.24) is 10.2 Å². The van der Waals surface area contributed by atoms with Gasteiger partial charge in [0.25, 0.3) is 0 Å². The van der Waals surface area contributed by atoms with Crippen LogP contribution in [0.3, 0.4) is 0 Å². The first-order valence-electron chi connectivity index (χ1n) is 7.87. The molecule has 1 aliphatic carbocycles. The minimum absolute atomic E-state index is 0.931. The van der Waals surface area contributed by atoms with Crippen molar-refractivity contribution >= 4 is 0 Å². The first kappa shape index (κ1) is 15.3. The van der Waals surface area contributed by atoms with Crippen molar-refractivity contribution < 1.29 is 4.74 Å². The predicted octanol–water partition coefficient (Wildman–Crippen LogP) is 2.56. The zero-order valence-corrected chi connectivity index (χ0v) is 12.9. The van der Waals surface area contributed by atoms with Crippen LogP contribution in [0.1, 0.15) is 25.3 Å². The Morgan fingerprint density at radius 3 is 2.55 bits per heavy atom. The predicted molar refractivity (Wildman–Crippen MR) is 84.4 cm³/mol. The molecule has 0 aromatic heterocycles. The van der Waals surface area contributed by atoms with Crippen molar-refractivity contribution in [2.24, 2.45) is 5.92 Å². The summed E-state index contributed by atoms with van der Waals surface area (Å²) in [6.07, 6.45) is 3.97. The van der Waals surface area contributed by atoms with Crippen LogP contribution in [-0.2, 0) is 6.42 Å². The molecule has 112 valence electrons. The van der Waals surface area contributed by atoms with Gasteiger partial charge in [0.2, 0.25) is 0 Å². The van der Waals surface area contributed by atoms with Gasteiger partial charge in [0, 0.05) is 19.6 Å². The Bertz CT molecular complexity index is 373. The van der Waals surface area contributed by atoms with E-state index in [0.717, 1.165) is 31.2 Å². The van der Waals surface area contributed by atoms with Gasteiger partial charge in [-0.25, -0.2) is 0 Å². The van der Waals surface area contributed by atoms with E-state index in [0.29, 0.717) is 0 Å². The van der Waals surface area contributed by atoms with E-state index in [-0.39, 0.29) is 0 Å². The summed E-state index contributed by atoms with van der Waals surface area (Å²) in [4.78, 5) is 2.57. The number of hydrogen-bond donors (Lipinski definition) is 1. The number of ether oxygens (including phenoxy) is 1. The molecule has 0 bridgehead atoms. The molecule has 0 amide bonds. The van der Waals surface area contributed by atoms with E-state index >= 15 is 0 Å². The van der Waals surface area contributed by atoms with Crippen LogP contribution in [0.15, 0.2) is 24.3 Å². The molecule has 1 aromatic rings. The summed E-state index contributed by atoms with van der Waals surface area (Å²) >= 11 is 0. The molecule has 20 heavy (non-hydrogen) atoms. The molecule has 0 atom stereocenters. The van der Waals surface area contributed by atoms with Gasteiger partial charge in [-0.1, -0.05) is 19.1 Å². The standard InChI is InChI=1S/C17H28N2O/c1-3-19(14-16-4-5-16)13-12-18-11-10-15-6-8-17(20-2)9-7-15/h6-9,16,18H,3-5,10-14H2,1-2H3. The highest BCUT2D eigenvalue weighted by molar-refractivity contribution is 5.27. The Labute approximate surface area is 123 Å². The molecule has 0 saturated heterocycles. The normalized spacial score (nSPS) is 14.8. The molecule has 1 aromatic carbocycles. The summed E-state index contributed by atoms with van der Waals surface area (Å²) in [6, 6.07) is 8.35. The second-order valence-electron chi connectivity index (χ2n) is 5.68. The van der Waals surface area contributed by atoms with E-state index in [1.807, 2.05) is 12.1 Å². The first-order valence-corrected chi connectivity index (χ1v) is 7.87. The highest BCUT2D eigenvalue weighted by Gasteiger charge is 2.23. The van der Waals surface area contributed by atoms with Gasteiger partial charge < -0.3 is 15.0 Å². The third-order valence-electron chi connectivity index (χ3n) is 4.01. The average molecular weight is 276 g/mol. The van der Waals surface area contributed by atoms with Crippen molar-refractivity contribution in [3.05, 3.63) is 29.8 Å². The van der Waals surface area contributed by atoms with Crippen LogP contribution in [0.2, 0.25) is 0 Å². The largest absolute Gasteiger partial charge is 0.497 e. The lowest BCUT2D eigenvalue weighted by Crippen LogP contribution is -2.34. The van der Waals surface area contributed by atoms with Gasteiger partial charge in [-0.2, -0.15) is 0 Å². The summed E-state index contributed by atoms with van der Waals surface area (Å²) in [5, 5.41) is 3.55. The fraction of sp³-hybridized carbons (Fsp3) is 0.647. The van der Waals surface area contributed by atoms with Crippen LogP contribution in [0.25, 0.3) is 0 Å². The van der Waals surface area contributed by atoms with Crippen LogP contribution in [-0.4, -0.2) is 44.7 Å². The van der Waals surface area contributed by atoms with Gasteiger partial charge >= 0.3 is 0 Å². The van der Waals surface area contributed by atoms with E-state index in [4.69, 9.17) is 4.74 Å². The molecule has 2 rings (SSSR count). The minimum Gasteiger partial charge on any atom is -0.497 e. The van der Waals surface area contributed by atoms with Crippen LogP contribution in [0.4, 0.5) is 0 Å². The second-order valence-corrected chi connectivity index (χ2v) is 5.68. The Kier molecular flexibility index (Phi) is 6.34. The highest BCUT2D eigenvalue weighted by Crippen LogP contribution is 2.29. The maximum absolute atomic E-state index is 5.17. The fourth-order valence-corrected chi connectivity index (χ4v) is 2.43. The lowest BCUT2D eigenvalue weighted by atomic mass is 10.1. The smallest absolute Gasteiger partial charge is 0.118 e. The van der Waals surface area contributed by atoms with Gasteiger partial charge in [-0.05, 0) is 56.0 Å². The lowest BCUT2D eigenvalue weighted by Gasteiger charge is -2.20. The van der Waals surface area contributed by atoms with E-state index in [1.165, 1.54) is 38.0 Å². The molecule has 0 heterocycles. The van der Waals surface area contributed by atoms with Gasteiger partial charge in [0.05, 0.1) is 7.11 Å². The Hall–Kier alpha value is -1.06. The number of rotatable bonds is 10. The van der Waals surface area contributed by atoms with Crippen LogP contribution in [0, 0.1) is 5.92 Å². The van der Waals surface area contributed by atoms with Gasteiger partial charge in [0.15, 0.2) is 0 Å². The quantitative estimate of drug-likeness (QED) is 0.665. The number of nitrogens with one attached hydrogen (secondary N) is 1. The first-order chi connectivity index (χ1) is 9.81. The summed E-state index contributed by atoms with van der Waals surface area (Å²) < 4.78 is 5.17. The molecule has 0 spiro atoms. The van der Waals surface area contributed by atoms with Crippen LogP contribution in [0.5, 0.6) is 5.75 Å². The van der Waals surface area contributed by atoms with Gasteiger partial charge in [0.1, 0.15) is 5.75 Å². The molecule has 1 saturated carbocycles. The molecule has 1 N–H and O–H groups in total. The minimum atomic E-state index is 0.931. The summed E-state index contributed by atoms with van der Waals surface area (Å²) in [7, 11) is 1.71. The molecule has 3 heteroatoms. The lowest BCUT2D eigenvalue weighted by molar-refractivity contribution is 0.276. The van der Waals surface area contributed by atoms with Crippen LogP contribution >= 0.6 is 0 Å². The SMILES string of the molecule is CCN(CCNCCc1ccc(OC)cc1)CC1CC1. The van der Waals surface area contributed by atoms with Crippen molar-refractivity contribution in [2.45, 2.75) is 26.2 Å². The summed E-state index contributed by atoms with van der Waals surface area (Å²) in [5.41, 5.74) is 1.36. The molecule has 0 aliphatic heterocycles. The highest BCUT2D eigenvalue weighted by atomic mass is 16.5. The number of likely N-dealkylation sites (N-methyl/N-ethyl adjacent to an activating group) is 1. The van der Waals surface area contributed by atoms with E-state index in [2.05, 4.69) is 29.3 Å². The fourth-order valence-electron chi connectivity index (χ4n) is 2.43. The van der Waals surface area contributed by atoms with E-state index in [1.54, 1.807) is 7.11 Å². The number of nitrogens with zero attached hydrogens (tertiary/aromatic N) is 1. The average Bonchev–Trinajstić information content (AvgIpc) is 3.30. The van der Waals surface area contributed by atoms with Crippen molar-refractivity contribution in [3.63, 3.8) is 0 Å². The van der Waals surface area contributed by atoms with Crippen molar-refractivity contribution in [3.8, 4) is 5.75 Å². The maximum Gasteiger partial charge on any atom is 0.118 e. The molecule has 0 unspecified atom stereocenters. The van der Waals surface area contributed by atoms with Crippen molar-refractivity contribution in [1.29, 1.82) is 0 Å². The van der Waals surface area contributed by atoms with Gasteiger partial charge in [-0.3, -0.25) is 0 Å². The Morgan fingerprint density at radius 1 is 1.20 bits per heavy atom. The second kappa shape index (κ2) is 8.28.